The number of nitrogens with zero attached hydrogens (tertiary/aromatic N) is 3. The molecular weight excluding hydrogens is 344 g/mol. The normalized spacial score (nSPS) is 15.6. The van der Waals surface area contributed by atoms with E-state index < -0.39 is 0 Å². The van der Waals surface area contributed by atoms with Crippen molar-refractivity contribution in [2.75, 3.05) is 4.90 Å². The van der Waals surface area contributed by atoms with Gasteiger partial charge in [-0.3, -0.25) is 14.5 Å². The fourth-order valence-electron chi connectivity index (χ4n) is 3.07. The van der Waals surface area contributed by atoms with Gasteiger partial charge in [0.05, 0.1) is 16.6 Å². The van der Waals surface area contributed by atoms with E-state index in [0.29, 0.717) is 33.8 Å². The van der Waals surface area contributed by atoms with Crippen molar-refractivity contribution < 1.29 is 9.90 Å². The van der Waals surface area contributed by atoms with Crippen LogP contribution in [-0.4, -0.2) is 26.8 Å². The predicted octanol–water partition coefficient (Wildman–Crippen LogP) is 2.74. The van der Waals surface area contributed by atoms with Gasteiger partial charge >= 0.3 is 0 Å². The summed E-state index contributed by atoms with van der Waals surface area (Å²) in [6, 6.07) is 11.8. The Labute approximate surface area is 154 Å². The number of anilines is 1. The first-order chi connectivity index (χ1) is 12.9. The Kier molecular flexibility index (Phi) is 3.84. The monoisotopic (exact) mass is 360 g/mol. The molecule has 0 spiro atoms. The molecule has 0 unspecified atom stereocenters. The number of nitrogens with one attached hydrogen (secondary N) is 1. The third-order valence-electron chi connectivity index (χ3n) is 4.32. The van der Waals surface area contributed by atoms with Crippen LogP contribution in [0.1, 0.15) is 18.3 Å². The maximum atomic E-state index is 12.9. The lowest BCUT2D eigenvalue weighted by atomic mass is 10.1. The number of phenols is 1. The summed E-state index contributed by atoms with van der Waals surface area (Å²) < 4.78 is 0. The minimum absolute atomic E-state index is 0.0720. The molecular formula is C20H16N4O3. The summed E-state index contributed by atoms with van der Waals surface area (Å²) in [6.45, 7) is 3.43. The molecule has 2 aromatic carbocycles. The molecule has 7 heteroatoms. The molecule has 1 aromatic heterocycles. The van der Waals surface area contributed by atoms with Gasteiger partial charge in [0.15, 0.2) is 0 Å². The molecule has 1 amide bonds. The van der Waals surface area contributed by atoms with E-state index in [2.05, 4.69) is 15.0 Å². The Balaban J connectivity index is 1.77. The molecule has 2 N–H and O–H groups in total. The number of benzene rings is 2. The Bertz CT molecular complexity index is 1210. The number of aromatic nitrogens is 2. The van der Waals surface area contributed by atoms with Gasteiger partial charge < -0.3 is 10.1 Å². The molecule has 1 aliphatic rings. The number of amides is 1. The van der Waals surface area contributed by atoms with Gasteiger partial charge in [0.25, 0.3) is 11.5 Å². The lowest BCUT2D eigenvalue weighted by molar-refractivity contribution is -0.113. The Morgan fingerprint density at radius 1 is 1.11 bits per heavy atom. The molecule has 0 aliphatic carbocycles. The van der Waals surface area contributed by atoms with E-state index >= 15 is 0 Å². The number of hydrogen-bond donors (Lipinski definition) is 2. The maximum Gasteiger partial charge on any atom is 0.282 e. The van der Waals surface area contributed by atoms with E-state index in [-0.39, 0.29) is 22.9 Å². The minimum Gasteiger partial charge on any atom is -0.507 e. The van der Waals surface area contributed by atoms with Gasteiger partial charge in [-0.05, 0) is 44.2 Å². The van der Waals surface area contributed by atoms with Crippen LogP contribution in [0.15, 0.2) is 57.9 Å². The summed E-state index contributed by atoms with van der Waals surface area (Å²) >= 11 is 0. The summed E-state index contributed by atoms with van der Waals surface area (Å²) in [5, 5.41) is 10.3. The van der Waals surface area contributed by atoms with Crippen molar-refractivity contribution >= 4 is 34.4 Å². The van der Waals surface area contributed by atoms with E-state index in [1.54, 1.807) is 62.4 Å². The number of phenolic OH excluding ortho intramolecular Hbond substituents is 1. The molecule has 3 aromatic rings. The van der Waals surface area contributed by atoms with Crippen LogP contribution in [0.3, 0.4) is 0 Å². The molecule has 0 atom stereocenters. The van der Waals surface area contributed by atoms with Crippen LogP contribution in [0.2, 0.25) is 0 Å². The van der Waals surface area contributed by atoms with Crippen molar-refractivity contribution in [1.82, 2.24) is 9.97 Å². The van der Waals surface area contributed by atoms with Crippen molar-refractivity contribution in [1.29, 1.82) is 0 Å². The zero-order valence-electron chi connectivity index (χ0n) is 14.7. The third kappa shape index (κ3) is 2.89. The molecule has 7 nitrogen and oxygen atoms in total. The topological polar surface area (TPSA) is 98.7 Å². The van der Waals surface area contributed by atoms with Crippen LogP contribution < -0.4 is 10.5 Å². The second-order valence-electron chi connectivity index (χ2n) is 6.24. The Morgan fingerprint density at radius 3 is 2.67 bits per heavy atom. The lowest BCUT2D eigenvalue weighted by Gasteiger charge is -2.16. The number of para-hydroxylation sites is 1. The number of amidine groups is 1. The predicted molar refractivity (Wildman–Crippen MR) is 104 cm³/mol. The van der Waals surface area contributed by atoms with Gasteiger partial charge in [0.1, 0.15) is 23.1 Å². The quantitative estimate of drug-likeness (QED) is 0.687. The number of aryl methyl sites for hydroxylation is 1. The second kappa shape index (κ2) is 6.21. The summed E-state index contributed by atoms with van der Waals surface area (Å²) in [5.41, 5.74) is 1.56. The number of aromatic hydroxyl groups is 1. The zero-order chi connectivity index (χ0) is 19.1. The van der Waals surface area contributed by atoms with E-state index in [0.717, 1.165) is 0 Å². The Morgan fingerprint density at radius 2 is 1.89 bits per heavy atom. The molecule has 134 valence electrons. The highest BCUT2D eigenvalue weighted by Gasteiger charge is 2.29. The summed E-state index contributed by atoms with van der Waals surface area (Å²) in [7, 11) is 0. The molecule has 0 fully saturated rings. The average Bonchev–Trinajstić information content (AvgIpc) is 2.90. The number of carbonyl (C=O) groups excluding carboxylic acids is 1. The average molecular weight is 360 g/mol. The summed E-state index contributed by atoms with van der Waals surface area (Å²) in [6.07, 6.45) is 1.54. The molecule has 1 aliphatic heterocycles. The van der Waals surface area contributed by atoms with Crippen molar-refractivity contribution in [3.63, 3.8) is 0 Å². The molecule has 4 rings (SSSR count). The number of rotatable bonds is 2. The highest BCUT2D eigenvalue weighted by molar-refractivity contribution is 6.28. The van der Waals surface area contributed by atoms with E-state index in [9.17, 15) is 14.7 Å². The van der Waals surface area contributed by atoms with Crippen LogP contribution in [0.4, 0.5) is 5.69 Å². The summed E-state index contributed by atoms with van der Waals surface area (Å²) in [4.78, 5) is 37.8. The number of fused-ring (bicyclic) bond motifs is 1. The van der Waals surface area contributed by atoms with Crippen LogP contribution in [0.25, 0.3) is 17.0 Å². The van der Waals surface area contributed by atoms with Gasteiger partial charge in [0.2, 0.25) is 0 Å². The number of H-pyrrole nitrogens is 1. The molecule has 0 saturated carbocycles. The van der Waals surface area contributed by atoms with Crippen LogP contribution in [0.5, 0.6) is 5.75 Å². The van der Waals surface area contributed by atoms with Crippen LogP contribution in [0, 0.1) is 6.92 Å². The van der Waals surface area contributed by atoms with Crippen molar-refractivity contribution in [3.8, 4) is 5.75 Å². The first-order valence-corrected chi connectivity index (χ1v) is 8.34. The highest BCUT2D eigenvalue weighted by Crippen LogP contribution is 2.28. The number of aromatic amines is 1. The number of hydrogen-bond acceptors (Lipinski definition) is 5. The number of aliphatic imine (C=N–C) groups is 1. The van der Waals surface area contributed by atoms with E-state index in [1.165, 1.54) is 4.90 Å². The smallest absolute Gasteiger partial charge is 0.282 e. The standard InChI is InChI=1S/C20H16N4O3/c1-11-21-16-8-7-14(10-15(16)19(26)22-11)24-12(2)23-17(20(24)27)9-13-5-3-4-6-18(13)25/h3-10,25H,1-2H3,(H,21,22,26)/b17-9+. The first-order valence-electron chi connectivity index (χ1n) is 8.34. The maximum absolute atomic E-state index is 12.9. The minimum atomic E-state index is -0.327. The molecule has 2 heterocycles. The molecule has 0 bridgehead atoms. The third-order valence-corrected chi connectivity index (χ3v) is 4.32. The molecule has 0 radical (unpaired) electrons. The second-order valence-corrected chi connectivity index (χ2v) is 6.24. The van der Waals surface area contributed by atoms with Gasteiger partial charge in [-0.1, -0.05) is 18.2 Å². The van der Waals surface area contributed by atoms with Gasteiger partial charge in [-0.15, -0.1) is 0 Å². The summed E-state index contributed by atoms with van der Waals surface area (Å²) in [5.74, 6) is 0.759. The van der Waals surface area contributed by atoms with Gasteiger partial charge in [-0.25, -0.2) is 9.98 Å². The van der Waals surface area contributed by atoms with Crippen molar-refractivity contribution in [2.45, 2.75) is 13.8 Å². The highest BCUT2D eigenvalue weighted by atomic mass is 16.3. The van der Waals surface area contributed by atoms with Crippen LogP contribution >= 0.6 is 0 Å². The molecule has 0 saturated heterocycles. The van der Waals surface area contributed by atoms with Crippen molar-refractivity contribution in [3.05, 3.63) is 69.9 Å². The largest absolute Gasteiger partial charge is 0.507 e. The van der Waals surface area contributed by atoms with Gasteiger partial charge in [0, 0.05) is 5.56 Å². The fraction of sp³-hybridized carbons (Fsp3) is 0.100. The lowest BCUT2D eigenvalue weighted by Crippen LogP contribution is -2.30. The van der Waals surface area contributed by atoms with Crippen molar-refractivity contribution in [2.24, 2.45) is 4.99 Å². The van der Waals surface area contributed by atoms with E-state index in [4.69, 9.17) is 0 Å². The molecule has 27 heavy (non-hydrogen) atoms. The first kappa shape index (κ1) is 16.7. The Hall–Kier alpha value is -3.74. The fourth-order valence-corrected chi connectivity index (χ4v) is 3.07. The van der Waals surface area contributed by atoms with E-state index in [1.807, 2.05) is 0 Å². The SMILES string of the molecule is CC1=N/C(=C/c2ccccc2O)C(=O)N1c1ccc2nc(C)[nH]c(=O)c2c1. The van der Waals surface area contributed by atoms with Gasteiger partial charge in [-0.2, -0.15) is 0 Å². The zero-order valence-corrected chi connectivity index (χ0v) is 14.7. The van der Waals surface area contributed by atoms with Crippen LogP contribution in [-0.2, 0) is 4.79 Å². The number of carbonyl (C=O) groups is 1.